The molecule has 112 valence electrons. The second-order valence-corrected chi connectivity index (χ2v) is 5.31. The molecule has 1 saturated heterocycles. The van der Waals surface area contributed by atoms with Gasteiger partial charge in [-0.3, -0.25) is 19.7 Å². The van der Waals surface area contributed by atoms with Gasteiger partial charge >= 0.3 is 5.97 Å². The third-order valence-corrected chi connectivity index (χ3v) is 3.69. The van der Waals surface area contributed by atoms with E-state index in [2.05, 4.69) is 0 Å². The molecule has 1 aromatic rings. The summed E-state index contributed by atoms with van der Waals surface area (Å²) in [5, 5.41) is 20.3. The average Bonchev–Trinajstić information content (AvgIpc) is 2.42. The van der Waals surface area contributed by atoms with Gasteiger partial charge in [0.2, 0.25) is 5.91 Å². The average molecular weight is 313 g/mol. The van der Waals surface area contributed by atoms with Gasteiger partial charge < -0.3 is 10.0 Å². The summed E-state index contributed by atoms with van der Waals surface area (Å²) in [5.74, 6) is -1.79. The molecule has 1 heterocycles. The fourth-order valence-electron chi connectivity index (χ4n) is 2.32. The van der Waals surface area contributed by atoms with E-state index in [0.29, 0.717) is 12.0 Å². The Kier molecular flexibility index (Phi) is 4.42. The van der Waals surface area contributed by atoms with Crippen molar-refractivity contribution in [2.75, 3.05) is 6.54 Å². The molecule has 1 aliphatic heterocycles. The van der Waals surface area contributed by atoms with Crippen molar-refractivity contribution in [2.24, 2.45) is 5.92 Å². The van der Waals surface area contributed by atoms with Crippen LogP contribution in [0.2, 0.25) is 5.02 Å². The third kappa shape index (κ3) is 3.49. The number of halogens is 1. The minimum Gasteiger partial charge on any atom is -0.481 e. The minimum atomic E-state index is -0.960. The van der Waals surface area contributed by atoms with Gasteiger partial charge in [0, 0.05) is 29.6 Å². The van der Waals surface area contributed by atoms with Crippen molar-refractivity contribution < 1.29 is 19.6 Å². The Morgan fingerprint density at radius 1 is 1.52 bits per heavy atom. The number of nitro benzene ring substituents is 1. The number of nitro groups is 1. The quantitative estimate of drug-likeness (QED) is 0.677. The van der Waals surface area contributed by atoms with Crippen molar-refractivity contribution in [2.45, 2.75) is 19.4 Å². The molecule has 21 heavy (non-hydrogen) atoms. The lowest BCUT2D eigenvalue weighted by atomic mass is 9.97. The predicted octanol–water partition coefficient (Wildman–Crippen LogP) is 2.07. The van der Waals surface area contributed by atoms with E-state index in [4.69, 9.17) is 16.7 Å². The SMILES string of the molecule is O=C(O)C1CCC(=O)N(Cc2ccc(Cl)cc2[N+](=O)[O-])C1. The lowest BCUT2D eigenvalue weighted by molar-refractivity contribution is -0.385. The second kappa shape index (κ2) is 6.09. The van der Waals surface area contributed by atoms with Crippen molar-refractivity contribution in [3.05, 3.63) is 38.9 Å². The van der Waals surface area contributed by atoms with Crippen LogP contribution < -0.4 is 0 Å². The number of nitrogens with zero attached hydrogens (tertiary/aromatic N) is 2. The normalized spacial score (nSPS) is 18.6. The number of rotatable bonds is 4. The Balaban J connectivity index is 2.22. The molecule has 1 N–H and O–H groups in total. The summed E-state index contributed by atoms with van der Waals surface area (Å²) in [6.07, 6.45) is 0.436. The zero-order chi connectivity index (χ0) is 15.6. The van der Waals surface area contributed by atoms with Gasteiger partial charge in [0.25, 0.3) is 5.69 Å². The Hall–Kier alpha value is -2.15. The van der Waals surface area contributed by atoms with Crippen molar-refractivity contribution >= 4 is 29.2 Å². The lowest BCUT2D eigenvalue weighted by Crippen LogP contribution is -2.42. The first-order chi connectivity index (χ1) is 9.88. The number of piperidine rings is 1. The number of hydrogen-bond acceptors (Lipinski definition) is 4. The van der Waals surface area contributed by atoms with E-state index in [-0.39, 0.29) is 36.1 Å². The predicted molar refractivity (Wildman–Crippen MR) is 73.9 cm³/mol. The molecule has 0 radical (unpaired) electrons. The Morgan fingerprint density at radius 2 is 2.24 bits per heavy atom. The van der Waals surface area contributed by atoms with Crippen LogP contribution in [0, 0.1) is 16.0 Å². The first-order valence-corrected chi connectivity index (χ1v) is 6.69. The molecule has 1 atom stereocenters. The summed E-state index contributed by atoms with van der Waals surface area (Å²) in [6, 6.07) is 4.21. The molecule has 1 fully saturated rings. The van der Waals surface area contributed by atoms with Gasteiger partial charge in [-0.25, -0.2) is 0 Å². The number of aliphatic carboxylic acids is 1. The highest BCUT2D eigenvalue weighted by Crippen LogP contribution is 2.27. The lowest BCUT2D eigenvalue weighted by Gasteiger charge is -2.30. The van der Waals surface area contributed by atoms with Crippen LogP contribution in [0.5, 0.6) is 0 Å². The monoisotopic (exact) mass is 312 g/mol. The molecule has 2 rings (SSSR count). The Morgan fingerprint density at radius 3 is 2.86 bits per heavy atom. The summed E-state index contributed by atoms with van der Waals surface area (Å²) in [7, 11) is 0. The summed E-state index contributed by atoms with van der Waals surface area (Å²) in [4.78, 5) is 34.7. The van der Waals surface area contributed by atoms with E-state index in [9.17, 15) is 19.7 Å². The maximum atomic E-state index is 11.9. The maximum absolute atomic E-state index is 11.9. The summed E-state index contributed by atoms with van der Waals surface area (Å²) in [6.45, 7) is 0.0735. The van der Waals surface area contributed by atoms with Gasteiger partial charge in [-0.2, -0.15) is 0 Å². The van der Waals surface area contributed by atoms with Crippen LogP contribution in [-0.4, -0.2) is 33.4 Å². The fourth-order valence-corrected chi connectivity index (χ4v) is 2.48. The van der Waals surface area contributed by atoms with Crippen LogP contribution in [0.4, 0.5) is 5.69 Å². The molecular formula is C13H13ClN2O5. The molecule has 1 amide bonds. The van der Waals surface area contributed by atoms with Crippen LogP contribution in [0.25, 0.3) is 0 Å². The molecule has 7 nitrogen and oxygen atoms in total. The molecule has 0 bridgehead atoms. The van der Waals surface area contributed by atoms with Crippen molar-refractivity contribution in [3.8, 4) is 0 Å². The Labute approximate surface area is 125 Å². The number of carboxylic acid groups (broad SMARTS) is 1. The number of hydrogen-bond donors (Lipinski definition) is 1. The molecule has 0 aliphatic carbocycles. The largest absolute Gasteiger partial charge is 0.481 e. The van der Waals surface area contributed by atoms with E-state index in [0.717, 1.165) is 0 Å². The summed E-state index contributed by atoms with van der Waals surface area (Å²) < 4.78 is 0. The van der Waals surface area contributed by atoms with E-state index in [1.54, 1.807) is 0 Å². The van der Waals surface area contributed by atoms with E-state index in [1.807, 2.05) is 0 Å². The van der Waals surface area contributed by atoms with Crippen LogP contribution in [0.1, 0.15) is 18.4 Å². The summed E-state index contributed by atoms with van der Waals surface area (Å²) >= 11 is 5.73. The zero-order valence-electron chi connectivity index (χ0n) is 11.0. The van der Waals surface area contributed by atoms with E-state index in [1.165, 1.54) is 23.1 Å². The van der Waals surface area contributed by atoms with Crippen molar-refractivity contribution in [1.82, 2.24) is 4.90 Å². The minimum absolute atomic E-state index is 0.0100. The molecule has 0 aromatic heterocycles. The molecule has 1 aromatic carbocycles. The van der Waals surface area contributed by atoms with Crippen LogP contribution >= 0.6 is 11.6 Å². The van der Waals surface area contributed by atoms with E-state index < -0.39 is 16.8 Å². The first-order valence-electron chi connectivity index (χ1n) is 6.32. The molecule has 0 spiro atoms. The topological polar surface area (TPSA) is 101 Å². The number of carboxylic acids is 1. The van der Waals surface area contributed by atoms with Gasteiger partial charge in [-0.15, -0.1) is 0 Å². The number of likely N-dealkylation sites (tertiary alicyclic amines) is 1. The van der Waals surface area contributed by atoms with Gasteiger partial charge in [0.15, 0.2) is 0 Å². The number of benzene rings is 1. The molecular weight excluding hydrogens is 300 g/mol. The van der Waals surface area contributed by atoms with Gasteiger partial charge in [0.1, 0.15) is 0 Å². The third-order valence-electron chi connectivity index (χ3n) is 3.45. The highest BCUT2D eigenvalue weighted by molar-refractivity contribution is 6.30. The molecule has 1 aliphatic rings. The zero-order valence-corrected chi connectivity index (χ0v) is 11.7. The smallest absolute Gasteiger partial charge is 0.308 e. The summed E-state index contributed by atoms with van der Waals surface area (Å²) in [5.41, 5.74) is 0.163. The van der Waals surface area contributed by atoms with Crippen LogP contribution in [0.15, 0.2) is 18.2 Å². The van der Waals surface area contributed by atoms with Crippen LogP contribution in [0.3, 0.4) is 0 Å². The fraction of sp³-hybridized carbons (Fsp3) is 0.385. The van der Waals surface area contributed by atoms with Crippen molar-refractivity contribution in [3.63, 3.8) is 0 Å². The highest BCUT2D eigenvalue weighted by Gasteiger charge is 2.31. The number of carbonyl (C=O) groups is 2. The van der Waals surface area contributed by atoms with Gasteiger partial charge in [0.05, 0.1) is 17.4 Å². The van der Waals surface area contributed by atoms with Crippen molar-refractivity contribution in [1.29, 1.82) is 0 Å². The first kappa shape index (κ1) is 15.2. The highest BCUT2D eigenvalue weighted by atomic mass is 35.5. The molecule has 0 saturated carbocycles. The second-order valence-electron chi connectivity index (χ2n) is 4.88. The maximum Gasteiger partial charge on any atom is 0.308 e. The molecule has 1 unspecified atom stereocenters. The molecule has 8 heteroatoms. The van der Waals surface area contributed by atoms with Gasteiger partial charge in [-0.05, 0) is 18.6 Å². The number of carbonyl (C=O) groups excluding carboxylic acids is 1. The standard InChI is InChI=1S/C13H13ClN2O5/c14-10-3-1-8(11(5-10)16(20)21)6-15-7-9(13(18)19)2-4-12(15)17/h1,3,5,9H,2,4,6-7H2,(H,18,19). The van der Waals surface area contributed by atoms with Gasteiger partial charge in [-0.1, -0.05) is 11.6 Å². The van der Waals surface area contributed by atoms with E-state index >= 15 is 0 Å². The Bertz CT molecular complexity index is 604. The number of amides is 1. The van der Waals surface area contributed by atoms with Crippen LogP contribution in [-0.2, 0) is 16.1 Å².